The van der Waals surface area contributed by atoms with Gasteiger partial charge in [-0.1, -0.05) is 103 Å². The number of hydrogen-bond acceptors (Lipinski definition) is 0. The lowest BCUT2D eigenvalue weighted by molar-refractivity contribution is 0.683. The number of hydrogen-bond donors (Lipinski definition) is 0. The third kappa shape index (κ3) is 3.64. The first-order valence-corrected chi connectivity index (χ1v) is 8.96. The van der Waals surface area contributed by atoms with E-state index in [0.29, 0.717) is 5.92 Å². The number of rotatable bonds is 5. The molecule has 0 aromatic heterocycles. The lowest BCUT2D eigenvalue weighted by atomic mass is 9.85. The van der Waals surface area contributed by atoms with Gasteiger partial charge in [0.15, 0.2) is 0 Å². The lowest BCUT2D eigenvalue weighted by Crippen LogP contribution is -2.07. The van der Waals surface area contributed by atoms with Gasteiger partial charge in [-0.2, -0.15) is 0 Å². The van der Waals surface area contributed by atoms with E-state index in [2.05, 4.69) is 103 Å². The molecule has 4 aromatic rings. The lowest BCUT2D eigenvalue weighted by Gasteiger charge is -2.19. The van der Waals surface area contributed by atoms with Crippen molar-refractivity contribution in [2.24, 2.45) is 0 Å². The Balaban J connectivity index is 1.70. The molecule has 0 fully saturated rings. The van der Waals surface area contributed by atoms with E-state index in [1.165, 1.54) is 27.5 Å². The zero-order chi connectivity index (χ0) is 16.9. The van der Waals surface area contributed by atoms with Crippen LogP contribution in [0.3, 0.4) is 0 Å². The minimum atomic E-state index is 0.481. The molecule has 0 aliphatic rings. The zero-order valence-electron chi connectivity index (χ0n) is 14.3. The van der Waals surface area contributed by atoms with Crippen LogP contribution in [0.1, 0.15) is 22.6 Å². The molecule has 0 amide bonds. The molecule has 122 valence electrons. The van der Waals surface area contributed by atoms with Crippen LogP contribution in [0.15, 0.2) is 103 Å². The molecule has 1 unspecified atom stereocenters. The molecular weight excluding hydrogens is 300 g/mol. The van der Waals surface area contributed by atoms with Crippen LogP contribution >= 0.6 is 0 Å². The highest BCUT2D eigenvalue weighted by molar-refractivity contribution is 5.85. The first-order valence-electron chi connectivity index (χ1n) is 8.96. The monoisotopic (exact) mass is 322 g/mol. The Labute approximate surface area is 149 Å². The normalized spacial score (nSPS) is 12.2. The summed E-state index contributed by atoms with van der Waals surface area (Å²) < 4.78 is 0. The first kappa shape index (κ1) is 15.7. The van der Waals surface area contributed by atoms with Gasteiger partial charge < -0.3 is 0 Å². The average Bonchev–Trinajstić information content (AvgIpc) is 2.69. The van der Waals surface area contributed by atoms with Crippen molar-refractivity contribution in [2.45, 2.75) is 18.8 Å². The maximum atomic E-state index is 2.28. The first-order chi connectivity index (χ1) is 12.4. The molecule has 4 rings (SSSR count). The van der Waals surface area contributed by atoms with Crippen LogP contribution in [0, 0.1) is 0 Å². The van der Waals surface area contributed by atoms with Crippen molar-refractivity contribution in [1.82, 2.24) is 0 Å². The number of benzene rings is 4. The summed E-state index contributed by atoms with van der Waals surface area (Å²) in [4.78, 5) is 0. The van der Waals surface area contributed by atoms with Gasteiger partial charge in [-0.25, -0.2) is 0 Å². The third-order valence-corrected chi connectivity index (χ3v) is 4.94. The maximum absolute atomic E-state index is 2.28. The van der Waals surface area contributed by atoms with Gasteiger partial charge in [-0.05, 0) is 46.2 Å². The van der Waals surface area contributed by atoms with Gasteiger partial charge in [0, 0.05) is 0 Å². The molecule has 0 spiro atoms. The van der Waals surface area contributed by atoms with Gasteiger partial charge in [0.05, 0.1) is 0 Å². The smallest absolute Gasteiger partial charge is 0.00808 e. The average molecular weight is 322 g/mol. The molecule has 0 aliphatic heterocycles. The predicted molar refractivity (Wildman–Crippen MR) is 107 cm³/mol. The van der Waals surface area contributed by atoms with Crippen LogP contribution in [0.2, 0.25) is 0 Å². The Morgan fingerprint density at radius 3 is 1.96 bits per heavy atom. The molecule has 25 heavy (non-hydrogen) atoms. The van der Waals surface area contributed by atoms with E-state index >= 15 is 0 Å². The Bertz CT molecular complexity index is 934. The van der Waals surface area contributed by atoms with E-state index in [0.717, 1.165) is 12.8 Å². The van der Waals surface area contributed by atoms with E-state index in [1.54, 1.807) is 0 Å². The molecule has 0 N–H and O–H groups in total. The molecule has 0 saturated heterocycles. The highest BCUT2D eigenvalue weighted by Crippen LogP contribution is 2.28. The Morgan fingerprint density at radius 2 is 1.16 bits per heavy atom. The van der Waals surface area contributed by atoms with Crippen molar-refractivity contribution >= 4 is 10.8 Å². The molecule has 0 bridgehead atoms. The summed E-state index contributed by atoms with van der Waals surface area (Å²) >= 11 is 0. The molecular formula is C25H22. The van der Waals surface area contributed by atoms with Gasteiger partial charge in [0.25, 0.3) is 0 Å². The predicted octanol–water partition coefficient (Wildman–Crippen LogP) is 6.41. The van der Waals surface area contributed by atoms with Gasteiger partial charge in [-0.3, -0.25) is 0 Å². The van der Waals surface area contributed by atoms with Gasteiger partial charge in [0.1, 0.15) is 0 Å². The van der Waals surface area contributed by atoms with Gasteiger partial charge >= 0.3 is 0 Å². The largest absolute Gasteiger partial charge is 0.0622 e. The van der Waals surface area contributed by atoms with E-state index in [9.17, 15) is 0 Å². The van der Waals surface area contributed by atoms with Crippen molar-refractivity contribution in [2.75, 3.05) is 0 Å². The fraction of sp³-hybridized carbons (Fsp3) is 0.120. The Hall–Kier alpha value is -2.86. The molecule has 0 heteroatoms. The van der Waals surface area contributed by atoms with Crippen LogP contribution in [-0.2, 0) is 12.8 Å². The summed E-state index contributed by atoms with van der Waals surface area (Å²) in [5.41, 5.74) is 4.25. The zero-order valence-corrected chi connectivity index (χ0v) is 14.3. The van der Waals surface area contributed by atoms with E-state index in [-0.39, 0.29) is 0 Å². The second-order valence-corrected chi connectivity index (χ2v) is 6.64. The topological polar surface area (TPSA) is 0 Å². The van der Waals surface area contributed by atoms with E-state index < -0.39 is 0 Å². The Kier molecular flexibility index (Phi) is 4.61. The van der Waals surface area contributed by atoms with Crippen LogP contribution in [0.25, 0.3) is 10.8 Å². The summed E-state index contributed by atoms with van der Waals surface area (Å²) in [7, 11) is 0. The molecule has 0 heterocycles. The summed E-state index contributed by atoms with van der Waals surface area (Å²) in [5, 5.41) is 2.70. The molecule has 4 aromatic carbocycles. The summed E-state index contributed by atoms with van der Waals surface area (Å²) in [5.74, 6) is 0.481. The fourth-order valence-corrected chi connectivity index (χ4v) is 3.67. The summed E-state index contributed by atoms with van der Waals surface area (Å²) in [6.45, 7) is 0. The van der Waals surface area contributed by atoms with Crippen LogP contribution in [0.4, 0.5) is 0 Å². The minimum Gasteiger partial charge on any atom is -0.0622 e. The van der Waals surface area contributed by atoms with Crippen molar-refractivity contribution in [3.63, 3.8) is 0 Å². The van der Waals surface area contributed by atoms with Crippen LogP contribution in [0.5, 0.6) is 0 Å². The standard InChI is InChI=1S/C25H22/c1-3-10-20(11-4-1)18-24(21-12-5-2-6-13-21)19-23-16-9-15-22-14-7-8-17-25(22)23/h1-17,24H,18-19H2. The number of fused-ring (bicyclic) bond motifs is 1. The van der Waals surface area contributed by atoms with Crippen molar-refractivity contribution in [3.8, 4) is 0 Å². The molecule has 0 radical (unpaired) electrons. The van der Waals surface area contributed by atoms with E-state index in [4.69, 9.17) is 0 Å². The van der Waals surface area contributed by atoms with Gasteiger partial charge in [-0.15, -0.1) is 0 Å². The third-order valence-electron chi connectivity index (χ3n) is 4.94. The second-order valence-electron chi connectivity index (χ2n) is 6.64. The van der Waals surface area contributed by atoms with Gasteiger partial charge in [0.2, 0.25) is 0 Å². The molecule has 0 aliphatic carbocycles. The quantitative estimate of drug-likeness (QED) is 0.398. The van der Waals surface area contributed by atoms with Crippen molar-refractivity contribution in [3.05, 3.63) is 120 Å². The molecule has 0 nitrogen and oxygen atoms in total. The summed E-state index contributed by atoms with van der Waals surface area (Å²) in [6.07, 6.45) is 2.12. The molecule has 1 atom stereocenters. The SMILES string of the molecule is c1ccc(CC(Cc2cccc3ccccc23)c2ccccc2)cc1. The van der Waals surface area contributed by atoms with Crippen molar-refractivity contribution < 1.29 is 0 Å². The fourth-order valence-electron chi connectivity index (χ4n) is 3.67. The highest BCUT2D eigenvalue weighted by atomic mass is 14.2. The Morgan fingerprint density at radius 1 is 0.520 bits per heavy atom. The highest BCUT2D eigenvalue weighted by Gasteiger charge is 2.14. The van der Waals surface area contributed by atoms with Crippen molar-refractivity contribution in [1.29, 1.82) is 0 Å². The second kappa shape index (κ2) is 7.36. The maximum Gasteiger partial charge on any atom is -0.00808 e. The molecule has 0 saturated carbocycles. The van der Waals surface area contributed by atoms with E-state index in [1.807, 2.05) is 0 Å². The summed E-state index contributed by atoms with van der Waals surface area (Å²) in [6, 6.07) is 37.1. The van der Waals surface area contributed by atoms with Crippen LogP contribution in [-0.4, -0.2) is 0 Å². The van der Waals surface area contributed by atoms with Crippen LogP contribution < -0.4 is 0 Å². The minimum absolute atomic E-state index is 0.481.